The fourth-order valence-electron chi connectivity index (χ4n) is 3.79. The molecule has 0 saturated carbocycles. The third kappa shape index (κ3) is 4.71. The number of carbonyl (C=O) groups excluding carboxylic acids is 2. The predicted molar refractivity (Wildman–Crippen MR) is 113 cm³/mol. The number of fused-ring (bicyclic) bond motifs is 3. The van der Waals surface area contributed by atoms with E-state index in [1.165, 1.54) is 6.92 Å². The van der Waals surface area contributed by atoms with Crippen LogP contribution >= 0.6 is 0 Å². The van der Waals surface area contributed by atoms with Gasteiger partial charge in [-0.3, -0.25) is 9.78 Å². The van der Waals surface area contributed by atoms with E-state index < -0.39 is 18.0 Å². The van der Waals surface area contributed by atoms with Gasteiger partial charge in [0, 0.05) is 29.7 Å². The number of hydrogen-bond donors (Lipinski definition) is 2. The third-order valence-electron chi connectivity index (χ3n) is 5.32. The number of nitrogens with one attached hydrogen (secondary N) is 2. The van der Waals surface area contributed by atoms with Crippen LogP contribution in [0, 0.1) is 0 Å². The summed E-state index contributed by atoms with van der Waals surface area (Å²) in [6.07, 6.45) is 4.98. The van der Waals surface area contributed by atoms with Crippen molar-refractivity contribution in [3.8, 4) is 17.2 Å². The first kappa shape index (κ1) is 23.6. The molecule has 4 rings (SSSR count). The molecule has 3 aromatic rings. The lowest BCUT2D eigenvalue weighted by Gasteiger charge is -2.34. The van der Waals surface area contributed by atoms with Gasteiger partial charge in [-0.15, -0.1) is 0 Å². The maximum atomic E-state index is 12.8. The van der Waals surface area contributed by atoms with Crippen molar-refractivity contribution in [2.45, 2.75) is 51.7 Å². The highest BCUT2D eigenvalue weighted by Crippen LogP contribution is 2.50. The lowest BCUT2D eigenvalue weighted by atomic mass is 9.91. The van der Waals surface area contributed by atoms with Crippen LogP contribution in [0.25, 0.3) is 10.8 Å². The van der Waals surface area contributed by atoms with Gasteiger partial charge in [0.1, 0.15) is 29.3 Å². The minimum Gasteiger partial charge on any atom is -1.00 e. The highest BCUT2D eigenvalue weighted by molar-refractivity contribution is 6.00. The topological polar surface area (TPSA) is 118 Å². The van der Waals surface area contributed by atoms with Gasteiger partial charge in [0.2, 0.25) is 6.33 Å². The van der Waals surface area contributed by atoms with Crippen LogP contribution < -0.4 is 37.3 Å². The van der Waals surface area contributed by atoms with E-state index in [4.69, 9.17) is 19.9 Å². The van der Waals surface area contributed by atoms with Crippen molar-refractivity contribution in [3.63, 3.8) is 0 Å². The number of esters is 2. The summed E-state index contributed by atoms with van der Waals surface area (Å²) in [5, 5.41) is 1.40. The molecule has 0 amide bonds. The summed E-state index contributed by atoms with van der Waals surface area (Å²) in [4.78, 5) is 30.6. The molecule has 0 saturated heterocycles. The molecule has 32 heavy (non-hydrogen) atoms. The second-order valence-electron chi connectivity index (χ2n) is 8.32. The van der Waals surface area contributed by atoms with Crippen molar-refractivity contribution in [1.82, 2.24) is 4.98 Å². The maximum absolute atomic E-state index is 12.8. The first-order chi connectivity index (χ1) is 14.7. The van der Waals surface area contributed by atoms with Crippen molar-refractivity contribution in [1.29, 1.82) is 0 Å². The number of H-pyrrole nitrogens is 2. The zero-order valence-electron chi connectivity index (χ0n) is 18.2. The van der Waals surface area contributed by atoms with Crippen LogP contribution in [0.4, 0.5) is 0 Å². The summed E-state index contributed by atoms with van der Waals surface area (Å²) in [5.74, 6) is -0.0815. The monoisotopic (exact) mass is 459 g/mol. The molecule has 4 N–H and O–H groups in total. The van der Waals surface area contributed by atoms with E-state index in [9.17, 15) is 9.59 Å². The summed E-state index contributed by atoms with van der Waals surface area (Å²) in [6.45, 7) is 5.34. The normalized spacial score (nSPS) is 15.1. The molecule has 0 bridgehead atoms. The molecule has 0 fully saturated rings. The molecule has 8 nitrogen and oxygen atoms in total. The van der Waals surface area contributed by atoms with Gasteiger partial charge in [0.15, 0.2) is 11.5 Å². The van der Waals surface area contributed by atoms with Crippen LogP contribution in [-0.4, -0.2) is 28.6 Å². The van der Waals surface area contributed by atoms with Gasteiger partial charge >= 0.3 is 11.9 Å². The Kier molecular flexibility index (Phi) is 6.76. The molecule has 1 aromatic heterocycles. The van der Waals surface area contributed by atoms with E-state index in [0.29, 0.717) is 23.1 Å². The molecule has 0 radical (unpaired) electrons. The minimum absolute atomic E-state index is 0. The fourth-order valence-corrected chi connectivity index (χ4v) is 3.79. The Balaban J connectivity index is 0.00000289. The molecule has 1 aliphatic heterocycles. The number of aromatic nitrogens is 2. The Labute approximate surface area is 191 Å². The summed E-state index contributed by atoms with van der Waals surface area (Å²) in [5.41, 5.74) is 7.21. The number of carbonyl (C=O) groups is 2. The lowest BCUT2D eigenvalue weighted by Crippen LogP contribution is -3.00. The highest BCUT2D eigenvalue weighted by atomic mass is 35.5. The first-order valence-electron chi connectivity index (χ1n) is 10.2. The van der Waals surface area contributed by atoms with E-state index in [1.54, 1.807) is 12.5 Å². The Morgan fingerprint density at radius 1 is 1.22 bits per heavy atom. The number of halogens is 1. The van der Waals surface area contributed by atoms with Gasteiger partial charge in [0.25, 0.3) is 0 Å². The summed E-state index contributed by atoms with van der Waals surface area (Å²) < 4.78 is 17.6. The van der Waals surface area contributed by atoms with Crippen LogP contribution in [0.15, 0.2) is 36.8 Å². The number of benzene rings is 2. The summed E-state index contributed by atoms with van der Waals surface area (Å²) in [6, 6.07) is 6.52. The van der Waals surface area contributed by atoms with E-state index in [-0.39, 0.29) is 35.9 Å². The van der Waals surface area contributed by atoms with E-state index in [0.717, 1.165) is 17.5 Å². The average molecular weight is 460 g/mol. The van der Waals surface area contributed by atoms with E-state index >= 15 is 0 Å². The second-order valence-corrected chi connectivity index (χ2v) is 8.32. The molecule has 1 aliphatic rings. The number of imidazole rings is 1. The van der Waals surface area contributed by atoms with E-state index in [2.05, 4.69) is 9.97 Å². The van der Waals surface area contributed by atoms with E-state index in [1.807, 2.05) is 38.1 Å². The van der Waals surface area contributed by atoms with Gasteiger partial charge in [-0.25, -0.2) is 9.78 Å². The van der Waals surface area contributed by atoms with Gasteiger partial charge in [-0.2, -0.15) is 0 Å². The van der Waals surface area contributed by atoms with Gasteiger partial charge in [-0.1, -0.05) is 24.3 Å². The molecule has 1 atom stereocenters. The van der Waals surface area contributed by atoms with Crippen LogP contribution in [0.2, 0.25) is 0 Å². The molecule has 0 aliphatic carbocycles. The van der Waals surface area contributed by atoms with Crippen LogP contribution in [0.3, 0.4) is 0 Å². The average Bonchev–Trinajstić information content (AvgIpc) is 3.22. The van der Waals surface area contributed by atoms with Crippen molar-refractivity contribution in [2.24, 2.45) is 5.73 Å². The molecule has 9 heteroatoms. The Morgan fingerprint density at radius 3 is 2.59 bits per heavy atom. The first-order valence-corrected chi connectivity index (χ1v) is 10.2. The maximum Gasteiger partial charge on any atom is 0.328 e. The Bertz CT molecular complexity index is 1140. The van der Waals surface area contributed by atoms with Gasteiger partial charge < -0.3 is 32.4 Å². The standard InChI is InChI=1S/C23H25N3O5.ClH/c1-13(27)29-21-17-8-9-23(2,3)31-19(17)15-6-4-5-7-16(15)20(21)30-22(28)18(24)10-14-11-25-12-26-14;/h4-7,11-12,18H,8-10,24H2,1-3H3,(H,25,26);1H. The third-order valence-corrected chi connectivity index (χ3v) is 5.32. The van der Waals surface area contributed by atoms with Crippen LogP contribution in [0.1, 0.15) is 38.4 Å². The SMILES string of the molecule is CC(=O)Oc1c2c(c3ccccc3c1OC(=O)C(N)Cc1c[nH+]c[nH]1)OC(C)(C)CC2.[Cl-]. The molecular weight excluding hydrogens is 434 g/mol. The number of nitrogens with two attached hydrogens (primary N) is 1. The van der Waals surface area contributed by atoms with Crippen LogP contribution in [0.5, 0.6) is 17.2 Å². The lowest BCUT2D eigenvalue weighted by molar-refractivity contribution is -0.376. The smallest absolute Gasteiger partial charge is 0.328 e. The molecule has 0 spiro atoms. The van der Waals surface area contributed by atoms with Crippen molar-refractivity contribution < 1.29 is 41.2 Å². The largest absolute Gasteiger partial charge is 1.00 e. The second kappa shape index (κ2) is 9.18. The highest BCUT2D eigenvalue weighted by Gasteiger charge is 2.34. The molecule has 2 aromatic carbocycles. The predicted octanol–water partition coefficient (Wildman–Crippen LogP) is -0.510. The van der Waals surface area contributed by atoms with Crippen LogP contribution in [-0.2, 0) is 22.4 Å². The Hall–Kier alpha value is -3.10. The fraction of sp³-hybridized carbons (Fsp3) is 0.348. The molecule has 170 valence electrons. The number of rotatable bonds is 5. The van der Waals surface area contributed by atoms with Crippen molar-refractivity contribution >= 4 is 22.7 Å². The summed E-state index contributed by atoms with van der Waals surface area (Å²) >= 11 is 0. The zero-order valence-corrected chi connectivity index (χ0v) is 18.9. The number of hydrogen-bond acceptors (Lipinski definition) is 6. The van der Waals surface area contributed by atoms with Crippen molar-refractivity contribution in [3.05, 3.63) is 48.0 Å². The minimum atomic E-state index is -0.901. The quantitative estimate of drug-likeness (QED) is 0.392. The number of ether oxygens (including phenoxy) is 3. The van der Waals surface area contributed by atoms with Crippen molar-refractivity contribution in [2.75, 3.05) is 0 Å². The molecule has 2 heterocycles. The Morgan fingerprint density at radius 2 is 1.94 bits per heavy atom. The molecule has 1 unspecified atom stereocenters. The zero-order chi connectivity index (χ0) is 22.2. The molecular formula is C23H26ClN3O5. The van der Waals surface area contributed by atoms with Gasteiger partial charge in [-0.05, 0) is 26.7 Å². The number of aromatic amines is 2. The summed E-state index contributed by atoms with van der Waals surface area (Å²) in [7, 11) is 0. The van der Waals surface area contributed by atoms with Gasteiger partial charge in [0.05, 0.1) is 0 Å².